The van der Waals surface area contributed by atoms with Crippen molar-refractivity contribution in [2.24, 2.45) is 0 Å². The van der Waals surface area contributed by atoms with E-state index >= 15 is 0 Å². The maximum absolute atomic E-state index is 5.91. The van der Waals surface area contributed by atoms with E-state index in [4.69, 9.17) is 28.9 Å². The quantitative estimate of drug-likeness (QED) is 0.795. The number of nitrogens with one attached hydrogen (secondary N) is 1. The van der Waals surface area contributed by atoms with Crippen molar-refractivity contribution in [3.63, 3.8) is 0 Å². The maximum atomic E-state index is 5.91. The number of thiophene rings is 1. The molecule has 0 radical (unpaired) electrons. The average molecular weight is 287 g/mol. The fourth-order valence-electron chi connectivity index (χ4n) is 1.53. The Bertz CT molecular complexity index is 525. The molecule has 5 heteroatoms. The van der Waals surface area contributed by atoms with E-state index in [1.165, 1.54) is 4.88 Å². The van der Waals surface area contributed by atoms with Gasteiger partial charge in [0.2, 0.25) is 0 Å². The minimum absolute atomic E-state index is 0.163. The number of anilines is 2. The summed E-state index contributed by atoms with van der Waals surface area (Å²) in [7, 11) is 0. The summed E-state index contributed by atoms with van der Waals surface area (Å²) in [5, 5.41) is 3.97. The second-order valence-electron chi connectivity index (χ2n) is 3.74. The summed E-state index contributed by atoms with van der Waals surface area (Å²) in [5.41, 5.74) is 7.41. The van der Waals surface area contributed by atoms with Crippen LogP contribution >= 0.6 is 34.5 Å². The highest BCUT2D eigenvalue weighted by atomic mass is 35.5. The van der Waals surface area contributed by atoms with Crippen molar-refractivity contribution in [2.75, 3.05) is 11.1 Å². The van der Waals surface area contributed by atoms with Crippen LogP contribution in [0, 0.1) is 0 Å². The number of nitrogen functional groups attached to an aromatic ring is 1. The van der Waals surface area contributed by atoms with Gasteiger partial charge in [-0.05, 0) is 37.3 Å². The molecule has 2 rings (SSSR count). The number of halogens is 2. The molecule has 0 aliphatic rings. The van der Waals surface area contributed by atoms with Crippen LogP contribution in [0.4, 0.5) is 11.4 Å². The van der Waals surface area contributed by atoms with Crippen molar-refractivity contribution in [3.8, 4) is 0 Å². The Hall–Kier alpha value is -0.900. The van der Waals surface area contributed by atoms with Crippen molar-refractivity contribution in [1.29, 1.82) is 0 Å². The largest absolute Gasteiger partial charge is 0.397 e. The van der Waals surface area contributed by atoms with E-state index in [1.807, 2.05) is 24.3 Å². The van der Waals surface area contributed by atoms with E-state index in [0.717, 1.165) is 10.0 Å². The molecule has 1 unspecified atom stereocenters. The van der Waals surface area contributed by atoms with Gasteiger partial charge in [0.15, 0.2) is 0 Å². The molecule has 17 heavy (non-hydrogen) atoms. The molecule has 0 saturated heterocycles. The summed E-state index contributed by atoms with van der Waals surface area (Å²) < 4.78 is 0.790. The minimum Gasteiger partial charge on any atom is -0.397 e. The molecule has 1 atom stereocenters. The van der Waals surface area contributed by atoms with E-state index < -0.39 is 0 Å². The zero-order valence-corrected chi connectivity index (χ0v) is 11.5. The Labute approximate surface area is 114 Å². The smallest absolute Gasteiger partial charge is 0.0932 e. The molecule has 2 aromatic rings. The van der Waals surface area contributed by atoms with Crippen molar-refractivity contribution < 1.29 is 0 Å². The molecule has 1 aromatic heterocycles. The normalized spacial score (nSPS) is 12.4. The fraction of sp³-hybridized carbons (Fsp3) is 0.167. The van der Waals surface area contributed by atoms with Gasteiger partial charge in [-0.25, -0.2) is 0 Å². The third-order valence-electron chi connectivity index (χ3n) is 2.41. The standard InChI is InChI=1S/C12H12Cl2N2S/c1-7(11-4-5-12(14)17-11)16-10-3-2-8(13)6-9(10)15/h2-7,16H,15H2,1H3. The molecule has 0 aliphatic carbocycles. The second kappa shape index (κ2) is 5.17. The highest BCUT2D eigenvalue weighted by Crippen LogP contribution is 2.31. The first-order chi connectivity index (χ1) is 8.06. The third kappa shape index (κ3) is 3.06. The van der Waals surface area contributed by atoms with Crippen LogP contribution in [0.5, 0.6) is 0 Å². The molecule has 0 amide bonds. The van der Waals surface area contributed by atoms with Crippen molar-refractivity contribution in [1.82, 2.24) is 0 Å². The van der Waals surface area contributed by atoms with E-state index in [-0.39, 0.29) is 6.04 Å². The molecular formula is C12H12Cl2N2S. The first-order valence-electron chi connectivity index (χ1n) is 5.13. The third-order valence-corrected chi connectivity index (χ3v) is 4.06. The van der Waals surface area contributed by atoms with Gasteiger partial charge >= 0.3 is 0 Å². The Morgan fingerprint density at radius 1 is 1.24 bits per heavy atom. The summed E-state index contributed by atoms with van der Waals surface area (Å²) in [6.45, 7) is 2.07. The van der Waals surface area contributed by atoms with E-state index in [2.05, 4.69) is 12.2 Å². The van der Waals surface area contributed by atoms with Crippen molar-refractivity contribution >= 4 is 45.9 Å². The summed E-state index contributed by atoms with van der Waals surface area (Å²) in [5.74, 6) is 0. The van der Waals surface area contributed by atoms with Gasteiger partial charge in [-0.3, -0.25) is 0 Å². The molecule has 1 aromatic carbocycles. The molecule has 3 N–H and O–H groups in total. The molecule has 90 valence electrons. The number of hydrogen-bond acceptors (Lipinski definition) is 3. The molecular weight excluding hydrogens is 275 g/mol. The lowest BCUT2D eigenvalue weighted by molar-refractivity contribution is 0.909. The monoisotopic (exact) mass is 286 g/mol. The molecule has 2 nitrogen and oxygen atoms in total. The molecule has 0 bridgehead atoms. The number of nitrogens with two attached hydrogens (primary N) is 1. The fourth-order valence-corrected chi connectivity index (χ4v) is 2.77. The number of benzene rings is 1. The lowest BCUT2D eigenvalue weighted by atomic mass is 10.2. The van der Waals surface area contributed by atoms with Gasteiger partial charge in [0.25, 0.3) is 0 Å². The predicted octanol–water partition coefficient (Wildman–Crippen LogP) is 4.81. The molecule has 0 fully saturated rings. The van der Waals surface area contributed by atoms with Crippen LogP contribution in [0.25, 0.3) is 0 Å². The first-order valence-corrected chi connectivity index (χ1v) is 6.70. The molecule has 0 aliphatic heterocycles. The predicted molar refractivity (Wildman–Crippen MR) is 77.2 cm³/mol. The Kier molecular flexibility index (Phi) is 3.82. The van der Waals surface area contributed by atoms with Crippen LogP contribution in [0.1, 0.15) is 17.8 Å². The van der Waals surface area contributed by atoms with E-state index in [1.54, 1.807) is 17.4 Å². The van der Waals surface area contributed by atoms with Gasteiger partial charge in [0, 0.05) is 9.90 Å². The van der Waals surface area contributed by atoms with Gasteiger partial charge in [-0.15, -0.1) is 11.3 Å². The molecule has 0 spiro atoms. The summed E-state index contributed by atoms with van der Waals surface area (Å²) in [6, 6.07) is 9.49. The SMILES string of the molecule is CC(Nc1ccc(Cl)cc1N)c1ccc(Cl)s1. The van der Waals surface area contributed by atoms with Gasteiger partial charge < -0.3 is 11.1 Å². The van der Waals surface area contributed by atoms with E-state index in [0.29, 0.717) is 10.7 Å². The van der Waals surface area contributed by atoms with Crippen LogP contribution < -0.4 is 11.1 Å². The Morgan fingerprint density at radius 2 is 2.00 bits per heavy atom. The summed E-state index contributed by atoms with van der Waals surface area (Å²) >= 11 is 13.3. The lowest BCUT2D eigenvalue weighted by Gasteiger charge is -2.15. The van der Waals surface area contributed by atoms with Gasteiger partial charge in [0.1, 0.15) is 0 Å². The van der Waals surface area contributed by atoms with Crippen LogP contribution in [-0.2, 0) is 0 Å². The van der Waals surface area contributed by atoms with Gasteiger partial charge in [-0.2, -0.15) is 0 Å². The zero-order chi connectivity index (χ0) is 12.4. The summed E-state index contributed by atoms with van der Waals surface area (Å²) in [4.78, 5) is 1.17. The van der Waals surface area contributed by atoms with Crippen molar-refractivity contribution in [2.45, 2.75) is 13.0 Å². The van der Waals surface area contributed by atoms with E-state index in [9.17, 15) is 0 Å². The lowest BCUT2D eigenvalue weighted by Crippen LogP contribution is -2.06. The van der Waals surface area contributed by atoms with Gasteiger partial charge in [0.05, 0.1) is 21.8 Å². The first kappa shape index (κ1) is 12.6. The highest BCUT2D eigenvalue weighted by molar-refractivity contribution is 7.16. The van der Waals surface area contributed by atoms with Crippen LogP contribution in [0.3, 0.4) is 0 Å². The highest BCUT2D eigenvalue weighted by Gasteiger charge is 2.09. The summed E-state index contributed by atoms with van der Waals surface area (Å²) in [6.07, 6.45) is 0. The Balaban J connectivity index is 2.15. The van der Waals surface area contributed by atoms with Crippen molar-refractivity contribution in [3.05, 3.63) is 44.6 Å². The topological polar surface area (TPSA) is 38.0 Å². The number of hydrogen-bond donors (Lipinski definition) is 2. The number of rotatable bonds is 3. The molecule has 0 saturated carbocycles. The molecule has 1 heterocycles. The zero-order valence-electron chi connectivity index (χ0n) is 9.21. The minimum atomic E-state index is 0.163. The van der Waals surface area contributed by atoms with Crippen LogP contribution in [0.2, 0.25) is 9.36 Å². The Morgan fingerprint density at radius 3 is 2.59 bits per heavy atom. The average Bonchev–Trinajstić information content (AvgIpc) is 2.69. The maximum Gasteiger partial charge on any atom is 0.0932 e. The second-order valence-corrected chi connectivity index (χ2v) is 5.92. The van der Waals surface area contributed by atoms with Gasteiger partial charge in [-0.1, -0.05) is 23.2 Å². The van der Waals surface area contributed by atoms with Crippen LogP contribution in [0.15, 0.2) is 30.3 Å². The van der Waals surface area contributed by atoms with Crippen LogP contribution in [-0.4, -0.2) is 0 Å².